The summed E-state index contributed by atoms with van der Waals surface area (Å²) in [6.45, 7) is 4.53. The van der Waals surface area contributed by atoms with Crippen LogP contribution in [-0.4, -0.2) is 4.57 Å². The topological polar surface area (TPSA) is 4.93 Å². The van der Waals surface area contributed by atoms with Crippen LogP contribution in [0.5, 0.6) is 0 Å². The van der Waals surface area contributed by atoms with E-state index < -0.39 is 0 Å². The van der Waals surface area contributed by atoms with E-state index in [-0.39, 0.29) is 0 Å². The lowest BCUT2D eigenvalue weighted by molar-refractivity contribution is 0.577. The van der Waals surface area contributed by atoms with E-state index in [1.807, 2.05) is 0 Å². The van der Waals surface area contributed by atoms with Gasteiger partial charge >= 0.3 is 0 Å². The van der Waals surface area contributed by atoms with Crippen molar-refractivity contribution in [1.29, 1.82) is 0 Å². The van der Waals surface area contributed by atoms with Crippen molar-refractivity contribution in [3.05, 3.63) is 66.2 Å². The predicted octanol–water partition coefficient (Wildman–Crippen LogP) is 6.46. The maximum absolute atomic E-state index is 2.57. The molecular weight excluding hydrogens is 278 g/mol. The number of para-hydroxylation sites is 1. The summed E-state index contributed by atoms with van der Waals surface area (Å²) in [6.07, 6.45) is 5.89. The lowest BCUT2D eigenvalue weighted by Crippen LogP contribution is -2.17. The SMILES string of the molecule is CC/C=C1\c2ccccc2-c2cc3ccccc3n2C1CCC. The zero-order chi connectivity index (χ0) is 15.8. The minimum atomic E-state index is 0.449. The largest absolute Gasteiger partial charge is 0.333 e. The van der Waals surface area contributed by atoms with Crippen LogP contribution in [-0.2, 0) is 0 Å². The molecule has 3 aromatic rings. The molecule has 2 aromatic carbocycles. The van der Waals surface area contributed by atoms with Crippen molar-refractivity contribution in [2.45, 2.75) is 39.2 Å². The van der Waals surface area contributed by atoms with Gasteiger partial charge in [0.2, 0.25) is 0 Å². The van der Waals surface area contributed by atoms with Gasteiger partial charge in [0.05, 0.1) is 11.7 Å². The third-order valence-electron chi connectivity index (χ3n) is 4.92. The summed E-state index contributed by atoms with van der Waals surface area (Å²) in [7, 11) is 0. The second-order valence-corrected chi connectivity index (χ2v) is 6.38. The molecule has 0 spiro atoms. The van der Waals surface area contributed by atoms with E-state index in [1.54, 1.807) is 0 Å². The van der Waals surface area contributed by atoms with Crippen LogP contribution in [0.25, 0.3) is 27.7 Å². The lowest BCUT2D eigenvalue weighted by Gasteiger charge is -2.32. The van der Waals surface area contributed by atoms with Gasteiger partial charge in [-0.25, -0.2) is 0 Å². The first-order valence-corrected chi connectivity index (χ1v) is 8.75. The Kier molecular flexibility index (Phi) is 3.57. The molecule has 0 saturated carbocycles. The van der Waals surface area contributed by atoms with Crippen molar-refractivity contribution in [3.8, 4) is 11.3 Å². The van der Waals surface area contributed by atoms with Gasteiger partial charge in [-0.2, -0.15) is 0 Å². The summed E-state index contributed by atoms with van der Waals surface area (Å²) >= 11 is 0. The van der Waals surface area contributed by atoms with Crippen molar-refractivity contribution in [2.24, 2.45) is 0 Å². The van der Waals surface area contributed by atoms with Gasteiger partial charge < -0.3 is 4.57 Å². The first-order valence-electron chi connectivity index (χ1n) is 8.75. The molecule has 1 aromatic heterocycles. The van der Waals surface area contributed by atoms with Crippen molar-refractivity contribution < 1.29 is 0 Å². The Morgan fingerprint density at radius 3 is 2.48 bits per heavy atom. The molecule has 0 fully saturated rings. The zero-order valence-electron chi connectivity index (χ0n) is 13.9. The van der Waals surface area contributed by atoms with Crippen LogP contribution in [0.1, 0.15) is 44.7 Å². The molecule has 116 valence electrons. The second-order valence-electron chi connectivity index (χ2n) is 6.38. The first-order chi connectivity index (χ1) is 11.3. The Morgan fingerprint density at radius 2 is 1.70 bits per heavy atom. The van der Waals surface area contributed by atoms with Crippen molar-refractivity contribution in [1.82, 2.24) is 4.57 Å². The molecule has 0 radical (unpaired) electrons. The number of hydrogen-bond donors (Lipinski definition) is 0. The standard InChI is InChI=1S/C22H23N/c1-3-9-18-17-12-6-7-13-19(17)22-15-16-11-5-8-14-20(16)23(22)21(18)10-4-2/h5-9,11-15,21H,3-4,10H2,1-2H3/b18-9+. The first kappa shape index (κ1) is 14.3. The van der Waals surface area contributed by atoms with Gasteiger partial charge in [0.15, 0.2) is 0 Å². The fraction of sp³-hybridized carbons (Fsp3) is 0.273. The average molecular weight is 301 g/mol. The molecule has 1 unspecified atom stereocenters. The number of nitrogens with zero attached hydrogens (tertiary/aromatic N) is 1. The number of benzene rings is 2. The number of hydrogen-bond acceptors (Lipinski definition) is 0. The monoisotopic (exact) mass is 301 g/mol. The summed E-state index contributed by atoms with van der Waals surface area (Å²) in [4.78, 5) is 0. The van der Waals surface area contributed by atoms with E-state index in [4.69, 9.17) is 0 Å². The normalized spacial score (nSPS) is 18.2. The lowest BCUT2D eigenvalue weighted by atomic mass is 9.86. The van der Waals surface area contributed by atoms with Gasteiger partial charge in [0.1, 0.15) is 0 Å². The van der Waals surface area contributed by atoms with E-state index in [0.717, 1.165) is 6.42 Å². The highest BCUT2D eigenvalue weighted by Crippen LogP contribution is 2.46. The third-order valence-corrected chi connectivity index (χ3v) is 4.92. The van der Waals surface area contributed by atoms with Gasteiger partial charge in [0, 0.05) is 16.5 Å². The zero-order valence-corrected chi connectivity index (χ0v) is 13.9. The minimum absolute atomic E-state index is 0.449. The van der Waals surface area contributed by atoms with Crippen LogP contribution in [0.3, 0.4) is 0 Å². The van der Waals surface area contributed by atoms with Crippen LogP contribution in [0.15, 0.2) is 60.7 Å². The summed E-state index contributed by atoms with van der Waals surface area (Å²) in [5.41, 5.74) is 7.02. The Balaban J connectivity index is 2.08. The van der Waals surface area contributed by atoms with Crippen LogP contribution >= 0.6 is 0 Å². The Morgan fingerprint density at radius 1 is 0.957 bits per heavy atom. The molecule has 0 aliphatic carbocycles. The predicted molar refractivity (Wildman–Crippen MR) is 99.6 cm³/mol. The average Bonchev–Trinajstić information content (AvgIpc) is 2.97. The van der Waals surface area contributed by atoms with E-state index in [0.29, 0.717) is 6.04 Å². The van der Waals surface area contributed by atoms with Crippen LogP contribution in [0.4, 0.5) is 0 Å². The van der Waals surface area contributed by atoms with Gasteiger partial charge in [0.25, 0.3) is 0 Å². The van der Waals surface area contributed by atoms with E-state index >= 15 is 0 Å². The van der Waals surface area contributed by atoms with Crippen LogP contribution in [0, 0.1) is 0 Å². The van der Waals surface area contributed by atoms with Crippen molar-refractivity contribution in [2.75, 3.05) is 0 Å². The summed E-state index contributed by atoms with van der Waals surface area (Å²) in [5.74, 6) is 0. The number of fused-ring (bicyclic) bond motifs is 5. The molecule has 4 rings (SSSR count). The Hall–Kier alpha value is -2.28. The molecule has 1 heteroatoms. The van der Waals surface area contributed by atoms with Crippen molar-refractivity contribution in [3.63, 3.8) is 0 Å². The molecule has 0 N–H and O–H groups in total. The smallest absolute Gasteiger partial charge is 0.0594 e. The summed E-state index contributed by atoms with van der Waals surface area (Å²) in [6, 6.07) is 20.5. The van der Waals surface area contributed by atoms with E-state index in [9.17, 15) is 0 Å². The van der Waals surface area contributed by atoms with Gasteiger partial charge in [-0.1, -0.05) is 68.8 Å². The van der Waals surface area contributed by atoms with Gasteiger partial charge in [-0.15, -0.1) is 0 Å². The van der Waals surface area contributed by atoms with Gasteiger partial charge in [-0.3, -0.25) is 0 Å². The molecule has 0 amide bonds. The Labute approximate surface area is 138 Å². The number of rotatable bonds is 3. The highest BCUT2D eigenvalue weighted by Gasteiger charge is 2.29. The second kappa shape index (κ2) is 5.73. The number of aromatic nitrogens is 1. The number of allylic oxidation sites excluding steroid dienone is 2. The van der Waals surface area contributed by atoms with Crippen LogP contribution < -0.4 is 0 Å². The Bertz CT molecular complexity index is 882. The van der Waals surface area contributed by atoms with Crippen molar-refractivity contribution >= 4 is 16.5 Å². The van der Waals surface area contributed by atoms with Crippen LogP contribution in [0.2, 0.25) is 0 Å². The highest BCUT2D eigenvalue weighted by atomic mass is 15.0. The van der Waals surface area contributed by atoms with E-state index in [1.165, 1.54) is 46.1 Å². The van der Waals surface area contributed by atoms with E-state index in [2.05, 4.69) is 79.1 Å². The minimum Gasteiger partial charge on any atom is -0.333 e. The fourth-order valence-electron chi connectivity index (χ4n) is 4.02. The summed E-state index contributed by atoms with van der Waals surface area (Å²) in [5, 5.41) is 1.34. The molecule has 1 nitrogen and oxygen atoms in total. The molecule has 1 atom stereocenters. The molecule has 2 heterocycles. The molecule has 23 heavy (non-hydrogen) atoms. The highest BCUT2D eigenvalue weighted by molar-refractivity contribution is 5.94. The summed E-state index contributed by atoms with van der Waals surface area (Å²) < 4.78 is 2.57. The molecule has 0 bridgehead atoms. The molecule has 1 aliphatic rings. The molecule has 1 aliphatic heterocycles. The maximum Gasteiger partial charge on any atom is 0.0594 e. The molecular formula is C22H23N. The third kappa shape index (κ3) is 2.15. The van der Waals surface area contributed by atoms with Gasteiger partial charge in [-0.05, 0) is 36.1 Å². The fourth-order valence-corrected chi connectivity index (χ4v) is 4.02. The quantitative estimate of drug-likeness (QED) is 0.523. The maximum atomic E-state index is 2.57. The molecule has 0 saturated heterocycles.